The topological polar surface area (TPSA) is 117 Å². The summed E-state index contributed by atoms with van der Waals surface area (Å²) in [7, 11) is 0. The summed E-state index contributed by atoms with van der Waals surface area (Å²) in [5, 5.41) is 25.5. The van der Waals surface area contributed by atoms with Crippen LogP contribution in [0.25, 0.3) is 33.5 Å². The predicted octanol–water partition coefficient (Wildman–Crippen LogP) is 2.96. The lowest BCUT2D eigenvalue weighted by Gasteiger charge is -2.08. The Balaban J connectivity index is 1.81. The quantitative estimate of drug-likeness (QED) is 0.462. The number of hydrogen-bond acceptors (Lipinski definition) is 7. The number of hydrogen-bond donors (Lipinski definition) is 3. The van der Waals surface area contributed by atoms with Crippen molar-refractivity contribution in [2.75, 3.05) is 11.9 Å². The van der Waals surface area contributed by atoms with Crippen molar-refractivity contribution in [1.29, 1.82) is 0 Å². The van der Waals surface area contributed by atoms with Crippen LogP contribution in [0.15, 0.2) is 30.7 Å². The average molecular weight is 392 g/mol. The van der Waals surface area contributed by atoms with Crippen LogP contribution >= 0.6 is 0 Å². The van der Waals surface area contributed by atoms with Gasteiger partial charge in [0, 0.05) is 47.7 Å². The first kappa shape index (κ1) is 19.0. The van der Waals surface area contributed by atoms with Gasteiger partial charge in [-0.2, -0.15) is 10.2 Å². The molecule has 4 heterocycles. The number of aliphatic hydroxyl groups excluding tert-OH is 1. The number of aromatic nitrogens is 7. The Morgan fingerprint density at radius 3 is 2.83 bits per heavy atom. The minimum absolute atomic E-state index is 0.199. The largest absolute Gasteiger partial charge is 0.392 e. The number of H-pyrrole nitrogens is 1. The number of anilines is 1. The van der Waals surface area contributed by atoms with E-state index in [1.807, 2.05) is 29.9 Å². The summed E-state index contributed by atoms with van der Waals surface area (Å²) in [5.41, 5.74) is 4.98. The maximum atomic E-state index is 9.50. The number of fused-ring (bicyclic) bond motifs is 1. The van der Waals surface area contributed by atoms with Crippen molar-refractivity contribution in [1.82, 2.24) is 34.9 Å². The first-order valence-electron chi connectivity index (χ1n) is 9.58. The Hall–Kier alpha value is -3.33. The molecule has 0 aliphatic rings. The van der Waals surface area contributed by atoms with Crippen LogP contribution in [0, 0.1) is 6.92 Å². The number of aliphatic hydroxyl groups is 1. The normalized spacial score (nSPS) is 12.6. The highest BCUT2D eigenvalue weighted by atomic mass is 16.3. The fourth-order valence-corrected chi connectivity index (χ4v) is 3.05. The lowest BCUT2D eigenvalue weighted by atomic mass is 10.1. The lowest BCUT2D eigenvalue weighted by molar-refractivity contribution is 0.208. The van der Waals surface area contributed by atoms with Crippen molar-refractivity contribution in [3.05, 3.63) is 36.4 Å². The number of nitrogens with zero attached hydrogens (tertiary/aromatic N) is 6. The molecule has 0 radical (unpaired) electrons. The maximum absolute atomic E-state index is 9.50. The van der Waals surface area contributed by atoms with Gasteiger partial charge in [0.15, 0.2) is 5.65 Å². The van der Waals surface area contributed by atoms with Gasteiger partial charge >= 0.3 is 0 Å². The monoisotopic (exact) mass is 392 g/mol. The molecule has 4 aromatic heterocycles. The standard InChI is InChI=1S/C20H24N8O/c1-11(2)28-10-16(17-5-6-21-20(24-17)23-8-12(3)29)18(27-28)14-7-15-13(4)25-26-19(15)22-9-14/h5-7,9-12,29H,8H2,1-4H3,(H,21,23,24)(H,22,25,26)/t12-/m0/s1. The van der Waals surface area contributed by atoms with Crippen LogP contribution in [0.1, 0.15) is 32.5 Å². The van der Waals surface area contributed by atoms with E-state index < -0.39 is 6.10 Å². The molecule has 0 fully saturated rings. The number of nitrogens with one attached hydrogen (secondary N) is 2. The van der Waals surface area contributed by atoms with E-state index >= 15 is 0 Å². The Bertz CT molecular complexity index is 1140. The fraction of sp³-hybridized carbons (Fsp3) is 0.350. The molecule has 0 unspecified atom stereocenters. The zero-order chi connectivity index (χ0) is 20.5. The van der Waals surface area contributed by atoms with Gasteiger partial charge in [0.2, 0.25) is 5.95 Å². The predicted molar refractivity (Wildman–Crippen MR) is 111 cm³/mol. The molecule has 0 aliphatic carbocycles. The first-order chi connectivity index (χ1) is 13.9. The van der Waals surface area contributed by atoms with Gasteiger partial charge < -0.3 is 10.4 Å². The van der Waals surface area contributed by atoms with E-state index in [4.69, 9.17) is 5.10 Å². The molecular formula is C20H24N8O. The van der Waals surface area contributed by atoms with Gasteiger partial charge in [0.05, 0.1) is 17.5 Å². The van der Waals surface area contributed by atoms with Crippen molar-refractivity contribution in [2.24, 2.45) is 0 Å². The number of rotatable bonds is 6. The Kier molecular flexibility index (Phi) is 4.98. The van der Waals surface area contributed by atoms with E-state index in [-0.39, 0.29) is 6.04 Å². The Morgan fingerprint density at radius 2 is 2.07 bits per heavy atom. The van der Waals surface area contributed by atoms with Crippen LogP contribution < -0.4 is 5.32 Å². The maximum Gasteiger partial charge on any atom is 0.223 e. The van der Waals surface area contributed by atoms with Crippen LogP contribution in [0.4, 0.5) is 5.95 Å². The summed E-state index contributed by atoms with van der Waals surface area (Å²) in [5.74, 6) is 0.464. The van der Waals surface area contributed by atoms with Gasteiger partial charge in [-0.3, -0.25) is 9.78 Å². The minimum atomic E-state index is -0.488. The van der Waals surface area contributed by atoms with Crippen molar-refractivity contribution in [3.8, 4) is 22.5 Å². The Labute approximate surface area is 168 Å². The van der Waals surface area contributed by atoms with Gasteiger partial charge in [-0.15, -0.1) is 0 Å². The molecule has 0 saturated carbocycles. The summed E-state index contributed by atoms with van der Waals surface area (Å²) in [6.45, 7) is 8.20. The van der Waals surface area contributed by atoms with Crippen molar-refractivity contribution < 1.29 is 5.11 Å². The SMILES string of the molecule is Cc1n[nH]c2ncc(-c3nn(C(C)C)cc3-c3ccnc(NC[C@H](C)O)n3)cc12. The van der Waals surface area contributed by atoms with Crippen LogP contribution in [-0.2, 0) is 0 Å². The first-order valence-corrected chi connectivity index (χ1v) is 9.58. The average Bonchev–Trinajstić information content (AvgIpc) is 3.31. The molecule has 0 amide bonds. The third kappa shape index (κ3) is 3.81. The zero-order valence-corrected chi connectivity index (χ0v) is 16.9. The molecule has 9 nitrogen and oxygen atoms in total. The van der Waals surface area contributed by atoms with Crippen molar-refractivity contribution in [3.63, 3.8) is 0 Å². The molecule has 0 aliphatic heterocycles. The molecule has 0 bridgehead atoms. The molecule has 4 rings (SSSR count). The summed E-state index contributed by atoms with van der Waals surface area (Å²) < 4.78 is 1.92. The third-order valence-electron chi connectivity index (χ3n) is 4.63. The van der Waals surface area contributed by atoms with E-state index in [1.165, 1.54) is 0 Å². The molecule has 3 N–H and O–H groups in total. The third-order valence-corrected chi connectivity index (χ3v) is 4.63. The smallest absolute Gasteiger partial charge is 0.223 e. The van der Waals surface area contributed by atoms with E-state index in [2.05, 4.69) is 44.3 Å². The molecule has 4 aromatic rings. The molecule has 0 aromatic carbocycles. The fourth-order valence-electron chi connectivity index (χ4n) is 3.05. The summed E-state index contributed by atoms with van der Waals surface area (Å²) in [6.07, 6.45) is 5.00. The van der Waals surface area contributed by atoms with Gasteiger partial charge in [0.25, 0.3) is 0 Å². The van der Waals surface area contributed by atoms with Gasteiger partial charge in [0.1, 0.15) is 5.69 Å². The van der Waals surface area contributed by atoms with Gasteiger partial charge in [-0.25, -0.2) is 15.0 Å². The van der Waals surface area contributed by atoms with Crippen LogP contribution in [0.2, 0.25) is 0 Å². The number of pyridine rings is 1. The summed E-state index contributed by atoms with van der Waals surface area (Å²) in [6, 6.07) is 4.10. The number of aromatic amines is 1. The zero-order valence-electron chi connectivity index (χ0n) is 16.9. The minimum Gasteiger partial charge on any atom is -0.392 e. The molecular weight excluding hydrogens is 368 g/mol. The highest BCUT2D eigenvalue weighted by molar-refractivity contribution is 5.86. The van der Waals surface area contributed by atoms with Crippen LogP contribution in [0.5, 0.6) is 0 Å². The van der Waals surface area contributed by atoms with E-state index in [1.54, 1.807) is 19.3 Å². The highest BCUT2D eigenvalue weighted by Crippen LogP contribution is 2.32. The summed E-state index contributed by atoms with van der Waals surface area (Å²) >= 11 is 0. The second-order valence-electron chi connectivity index (χ2n) is 7.39. The van der Waals surface area contributed by atoms with Crippen LogP contribution in [-0.4, -0.2) is 52.7 Å². The van der Waals surface area contributed by atoms with E-state index in [9.17, 15) is 5.11 Å². The Morgan fingerprint density at radius 1 is 1.24 bits per heavy atom. The van der Waals surface area contributed by atoms with Crippen molar-refractivity contribution in [2.45, 2.75) is 39.8 Å². The summed E-state index contributed by atoms with van der Waals surface area (Å²) in [4.78, 5) is 13.4. The molecule has 0 saturated heterocycles. The van der Waals surface area contributed by atoms with Crippen LogP contribution in [0.3, 0.4) is 0 Å². The van der Waals surface area contributed by atoms with E-state index in [0.717, 1.165) is 39.2 Å². The van der Waals surface area contributed by atoms with Crippen molar-refractivity contribution >= 4 is 17.0 Å². The number of aryl methyl sites for hydroxylation is 1. The van der Waals surface area contributed by atoms with Gasteiger partial charge in [-0.05, 0) is 39.8 Å². The highest BCUT2D eigenvalue weighted by Gasteiger charge is 2.18. The molecule has 1 atom stereocenters. The second-order valence-corrected chi connectivity index (χ2v) is 7.39. The van der Waals surface area contributed by atoms with E-state index in [0.29, 0.717) is 12.5 Å². The second kappa shape index (κ2) is 7.59. The molecule has 29 heavy (non-hydrogen) atoms. The molecule has 9 heteroatoms. The van der Waals surface area contributed by atoms with Gasteiger partial charge in [-0.1, -0.05) is 0 Å². The molecule has 150 valence electrons. The molecule has 0 spiro atoms. The lowest BCUT2D eigenvalue weighted by Crippen LogP contribution is -2.16.